The second-order valence-corrected chi connectivity index (χ2v) is 9.52. The van der Waals surface area contributed by atoms with Gasteiger partial charge < -0.3 is 9.64 Å². The van der Waals surface area contributed by atoms with Gasteiger partial charge in [-0.3, -0.25) is 19.5 Å². The predicted octanol–water partition coefficient (Wildman–Crippen LogP) is 4.77. The predicted molar refractivity (Wildman–Crippen MR) is 132 cm³/mol. The van der Waals surface area contributed by atoms with Crippen LogP contribution in [0, 0.1) is 12.3 Å². The molecule has 0 aliphatic carbocycles. The van der Waals surface area contributed by atoms with Crippen LogP contribution in [0.2, 0.25) is 0 Å². The number of hydrogen-bond donors (Lipinski definition) is 0. The Morgan fingerprint density at radius 1 is 1.30 bits per heavy atom. The van der Waals surface area contributed by atoms with Crippen molar-refractivity contribution in [2.45, 2.75) is 45.1 Å². The van der Waals surface area contributed by atoms with E-state index in [0.717, 1.165) is 33.9 Å². The summed E-state index contributed by atoms with van der Waals surface area (Å²) in [6, 6.07) is 5.54. The lowest BCUT2D eigenvalue weighted by atomic mass is 10.1. The first kappa shape index (κ1) is 26.2. The van der Waals surface area contributed by atoms with E-state index in [2.05, 4.69) is 15.9 Å². The van der Waals surface area contributed by atoms with Crippen LogP contribution in [0.1, 0.15) is 46.9 Å². The maximum Gasteiger partial charge on any atom is 0.416 e. The first-order valence-electron chi connectivity index (χ1n) is 11.4. The molecule has 1 atom stereocenters. The zero-order valence-corrected chi connectivity index (χ0v) is 20.8. The molecule has 1 aliphatic rings. The van der Waals surface area contributed by atoms with E-state index in [4.69, 9.17) is 11.2 Å². The van der Waals surface area contributed by atoms with Gasteiger partial charge in [0.15, 0.2) is 5.01 Å². The third-order valence-electron chi connectivity index (χ3n) is 5.64. The van der Waals surface area contributed by atoms with Gasteiger partial charge >= 0.3 is 6.18 Å². The van der Waals surface area contributed by atoms with Gasteiger partial charge in [-0.25, -0.2) is 4.98 Å². The van der Waals surface area contributed by atoms with Gasteiger partial charge in [-0.15, -0.1) is 17.8 Å². The van der Waals surface area contributed by atoms with E-state index < -0.39 is 29.8 Å². The number of terminal acetylenes is 1. The molecule has 1 saturated heterocycles. The third-order valence-corrected chi connectivity index (χ3v) is 6.41. The number of benzene rings is 1. The van der Waals surface area contributed by atoms with Gasteiger partial charge in [0.25, 0.3) is 5.91 Å². The van der Waals surface area contributed by atoms with E-state index >= 15 is 0 Å². The normalized spacial score (nSPS) is 15.6. The molecule has 7 nitrogen and oxygen atoms in total. The van der Waals surface area contributed by atoms with Crippen molar-refractivity contribution in [2.24, 2.45) is 0 Å². The minimum absolute atomic E-state index is 0.0536. The van der Waals surface area contributed by atoms with E-state index in [-0.39, 0.29) is 41.0 Å². The molecule has 2 amide bonds. The number of anilines is 1. The summed E-state index contributed by atoms with van der Waals surface area (Å²) >= 11 is 1.05. The Labute approximate surface area is 215 Å². The number of rotatable bonds is 7. The molecule has 3 heterocycles. The molecule has 11 heteroatoms. The molecule has 0 N–H and O–H groups in total. The minimum atomic E-state index is -4.70. The number of likely N-dealkylation sites (tertiary alicyclic amines) is 1. The van der Waals surface area contributed by atoms with Crippen LogP contribution in [0.5, 0.6) is 5.75 Å². The third kappa shape index (κ3) is 5.91. The molecular weight excluding hydrogens is 505 g/mol. The van der Waals surface area contributed by atoms with Crippen LogP contribution >= 0.6 is 11.3 Å². The highest BCUT2D eigenvalue weighted by atomic mass is 32.1. The molecule has 4 rings (SSSR count). The van der Waals surface area contributed by atoms with Gasteiger partial charge in [0, 0.05) is 42.6 Å². The fourth-order valence-electron chi connectivity index (χ4n) is 4.05. The van der Waals surface area contributed by atoms with Crippen LogP contribution in [0.3, 0.4) is 0 Å². The largest absolute Gasteiger partial charge is 0.491 e. The number of carbonyl (C=O) groups is 2. The molecular formula is C26H23F3N4O3S. The maximum absolute atomic E-state index is 13.8. The first-order valence-corrected chi connectivity index (χ1v) is 12.3. The molecule has 0 radical (unpaired) electrons. The number of nitrogens with zero attached hydrogens (tertiary/aromatic N) is 4. The summed E-state index contributed by atoms with van der Waals surface area (Å²) in [6.45, 7) is 3.95. The minimum Gasteiger partial charge on any atom is -0.491 e. The molecule has 0 bridgehead atoms. The lowest BCUT2D eigenvalue weighted by molar-refractivity contribution is -0.137. The smallest absolute Gasteiger partial charge is 0.416 e. The van der Waals surface area contributed by atoms with Crippen LogP contribution < -0.4 is 9.64 Å². The number of ether oxygens (including phenoxy) is 1. The van der Waals surface area contributed by atoms with Crippen LogP contribution in [-0.4, -0.2) is 45.4 Å². The van der Waals surface area contributed by atoms with Crippen molar-refractivity contribution in [2.75, 3.05) is 11.4 Å². The van der Waals surface area contributed by atoms with Gasteiger partial charge in [0.05, 0.1) is 11.7 Å². The summed E-state index contributed by atoms with van der Waals surface area (Å²) < 4.78 is 47.0. The lowest BCUT2D eigenvalue weighted by Crippen LogP contribution is -2.45. The summed E-state index contributed by atoms with van der Waals surface area (Å²) in [4.78, 5) is 37.9. The number of pyridine rings is 1. The van der Waals surface area contributed by atoms with Gasteiger partial charge in [0.1, 0.15) is 17.5 Å². The van der Waals surface area contributed by atoms with Gasteiger partial charge in [0.2, 0.25) is 5.91 Å². The molecule has 0 spiro atoms. The van der Waals surface area contributed by atoms with Crippen molar-refractivity contribution >= 4 is 28.8 Å². The van der Waals surface area contributed by atoms with E-state index in [1.165, 1.54) is 11.4 Å². The van der Waals surface area contributed by atoms with Crippen LogP contribution in [0.25, 0.3) is 0 Å². The summed E-state index contributed by atoms with van der Waals surface area (Å²) in [5.41, 5.74) is -0.330. The average molecular weight is 529 g/mol. The van der Waals surface area contributed by atoms with Crippen LogP contribution in [-0.2, 0) is 17.5 Å². The number of amides is 2. The Balaban J connectivity index is 1.77. The number of aromatic nitrogens is 2. The number of hydrogen-bond acceptors (Lipinski definition) is 6. The quantitative estimate of drug-likeness (QED) is 0.413. The van der Waals surface area contributed by atoms with Crippen LogP contribution in [0.4, 0.5) is 18.9 Å². The highest BCUT2D eigenvalue weighted by Crippen LogP contribution is 2.37. The highest BCUT2D eigenvalue weighted by molar-refractivity contribution is 7.10. The molecule has 3 aromatic rings. The second-order valence-electron chi connectivity index (χ2n) is 8.66. The fraction of sp³-hybridized carbons (Fsp3) is 0.308. The number of carbonyl (C=O) groups excluding carboxylic acids is 2. The molecule has 1 aliphatic heterocycles. The Hall–Kier alpha value is -3.91. The van der Waals surface area contributed by atoms with E-state index in [1.807, 2.05) is 0 Å². The van der Waals surface area contributed by atoms with E-state index in [1.54, 1.807) is 43.3 Å². The zero-order valence-electron chi connectivity index (χ0n) is 20.0. The molecule has 1 fully saturated rings. The SMILES string of the molecule is C#Cc1nc(C(=O)N(c2cc(OC(C)C)cc(C(F)(F)F)c2)C2CCN(Cc3ccncc3)C2=O)cs1. The fourth-order valence-corrected chi connectivity index (χ4v) is 4.65. The van der Waals surface area contributed by atoms with Crippen molar-refractivity contribution in [1.82, 2.24) is 14.9 Å². The molecule has 0 saturated carbocycles. The summed E-state index contributed by atoms with van der Waals surface area (Å²) in [7, 11) is 0. The summed E-state index contributed by atoms with van der Waals surface area (Å²) in [6.07, 6.45) is 3.70. The molecule has 1 unspecified atom stereocenters. The van der Waals surface area contributed by atoms with Crippen LogP contribution in [0.15, 0.2) is 48.1 Å². The molecule has 2 aromatic heterocycles. The van der Waals surface area contributed by atoms with Crippen molar-refractivity contribution in [3.8, 4) is 18.1 Å². The van der Waals surface area contributed by atoms with Crippen molar-refractivity contribution in [1.29, 1.82) is 0 Å². The Morgan fingerprint density at radius 3 is 2.65 bits per heavy atom. The highest BCUT2D eigenvalue weighted by Gasteiger charge is 2.41. The van der Waals surface area contributed by atoms with Crippen molar-refractivity contribution in [3.05, 3.63) is 69.9 Å². The number of thiazole rings is 1. The monoisotopic (exact) mass is 528 g/mol. The van der Waals surface area contributed by atoms with E-state index in [9.17, 15) is 22.8 Å². The van der Waals surface area contributed by atoms with Gasteiger partial charge in [-0.1, -0.05) is 0 Å². The summed E-state index contributed by atoms with van der Waals surface area (Å²) in [5, 5.41) is 1.67. The number of halogens is 3. The van der Waals surface area contributed by atoms with Gasteiger partial charge in [-0.05, 0) is 56.0 Å². The Morgan fingerprint density at radius 2 is 2.03 bits per heavy atom. The molecule has 37 heavy (non-hydrogen) atoms. The second kappa shape index (κ2) is 10.6. The number of alkyl halides is 3. The Bertz CT molecular complexity index is 1330. The molecule has 1 aromatic carbocycles. The molecule has 192 valence electrons. The van der Waals surface area contributed by atoms with Gasteiger partial charge in [-0.2, -0.15) is 13.2 Å². The summed E-state index contributed by atoms with van der Waals surface area (Å²) in [5.74, 6) is 1.16. The zero-order chi connectivity index (χ0) is 26.7. The van der Waals surface area contributed by atoms with Crippen molar-refractivity contribution < 1.29 is 27.5 Å². The van der Waals surface area contributed by atoms with Crippen molar-refractivity contribution in [3.63, 3.8) is 0 Å². The van der Waals surface area contributed by atoms with E-state index in [0.29, 0.717) is 6.54 Å². The standard InChI is InChI=1S/C26H23F3N4O3S/c1-4-23-31-21(15-37-23)24(34)33(19-11-18(26(27,28)29)12-20(13-19)36-16(2)3)22-7-10-32(25(22)35)14-17-5-8-30-9-6-17/h1,5-6,8-9,11-13,15-16,22H,7,10,14H2,2-3H3. The topological polar surface area (TPSA) is 75.6 Å². The average Bonchev–Trinajstić information content (AvgIpc) is 3.47. The first-order chi connectivity index (χ1) is 17.6. The Kier molecular flexibility index (Phi) is 7.50. The maximum atomic E-state index is 13.8. The lowest BCUT2D eigenvalue weighted by Gasteiger charge is -2.29.